The minimum absolute atomic E-state index is 0.200. The van der Waals surface area contributed by atoms with Crippen molar-refractivity contribution in [2.75, 3.05) is 0 Å². The summed E-state index contributed by atoms with van der Waals surface area (Å²) >= 11 is 3.38. The molecular formula is C20H21BrN2O2. The Balaban J connectivity index is 2.30. The van der Waals surface area contributed by atoms with Gasteiger partial charge in [-0.2, -0.15) is 0 Å². The second-order valence-corrected chi connectivity index (χ2v) is 7.55. The third-order valence-electron chi connectivity index (χ3n) is 3.20. The first kappa shape index (κ1) is 18.9. The van der Waals surface area contributed by atoms with Crippen LogP contribution in [0.2, 0.25) is 0 Å². The maximum atomic E-state index is 12.6. The zero-order chi connectivity index (χ0) is 18.4. The third kappa shape index (κ3) is 6.19. The van der Waals surface area contributed by atoms with Gasteiger partial charge >= 0.3 is 0 Å². The van der Waals surface area contributed by atoms with Gasteiger partial charge < -0.3 is 10.6 Å². The Labute approximate surface area is 156 Å². The molecule has 0 spiro atoms. The van der Waals surface area contributed by atoms with Crippen molar-refractivity contribution in [1.29, 1.82) is 0 Å². The second kappa shape index (κ2) is 8.12. The van der Waals surface area contributed by atoms with Crippen molar-refractivity contribution in [3.05, 3.63) is 75.9 Å². The van der Waals surface area contributed by atoms with Crippen LogP contribution in [0.1, 0.15) is 36.7 Å². The molecule has 130 valence electrons. The van der Waals surface area contributed by atoms with Gasteiger partial charge in [-0.1, -0.05) is 46.3 Å². The summed E-state index contributed by atoms with van der Waals surface area (Å²) in [5.41, 5.74) is 1.10. The van der Waals surface area contributed by atoms with Crippen molar-refractivity contribution in [1.82, 2.24) is 10.6 Å². The number of rotatable bonds is 4. The Morgan fingerprint density at radius 1 is 0.960 bits per heavy atom. The first-order valence-electron chi connectivity index (χ1n) is 7.91. The van der Waals surface area contributed by atoms with E-state index in [4.69, 9.17) is 0 Å². The lowest BCUT2D eigenvalue weighted by Gasteiger charge is -2.22. The summed E-state index contributed by atoms with van der Waals surface area (Å²) in [6.07, 6.45) is 1.66. The van der Waals surface area contributed by atoms with Crippen molar-refractivity contribution in [2.45, 2.75) is 26.3 Å². The summed E-state index contributed by atoms with van der Waals surface area (Å²) in [5.74, 6) is -0.660. The van der Waals surface area contributed by atoms with E-state index in [0.29, 0.717) is 5.56 Å². The normalized spacial score (nSPS) is 11.8. The molecule has 0 heterocycles. The van der Waals surface area contributed by atoms with Crippen LogP contribution in [0.25, 0.3) is 6.08 Å². The number of hydrogen-bond donors (Lipinski definition) is 2. The predicted molar refractivity (Wildman–Crippen MR) is 104 cm³/mol. The second-order valence-electron chi connectivity index (χ2n) is 6.63. The number of hydrogen-bond acceptors (Lipinski definition) is 2. The van der Waals surface area contributed by atoms with Crippen LogP contribution in [0.4, 0.5) is 0 Å². The van der Waals surface area contributed by atoms with Gasteiger partial charge in [0.15, 0.2) is 0 Å². The summed E-state index contributed by atoms with van der Waals surface area (Å²) in [6.45, 7) is 5.67. The minimum Gasteiger partial charge on any atom is -0.346 e. The van der Waals surface area contributed by atoms with Crippen LogP contribution < -0.4 is 10.6 Å². The van der Waals surface area contributed by atoms with Gasteiger partial charge in [0.25, 0.3) is 11.8 Å². The summed E-state index contributed by atoms with van der Waals surface area (Å²) in [5, 5.41) is 5.59. The van der Waals surface area contributed by atoms with E-state index in [9.17, 15) is 9.59 Å². The molecule has 0 atom stereocenters. The number of amides is 2. The van der Waals surface area contributed by atoms with Gasteiger partial charge in [0.1, 0.15) is 5.70 Å². The maximum Gasteiger partial charge on any atom is 0.268 e. The maximum absolute atomic E-state index is 12.6. The molecular weight excluding hydrogens is 380 g/mol. The van der Waals surface area contributed by atoms with Gasteiger partial charge in [-0.3, -0.25) is 9.59 Å². The fraction of sp³-hybridized carbons (Fsp3) is 0.200. The van der Waals surface area contributed by atoms with Crippen molar-refractivity contribution in [3.8, 4) is 0 Å². The van der Waals surface area contributed by atoms with E-state index < -0.39 is 5.54 Å². The van der Waals surface area contributed by atoms with E-state index in [1.54, 1.807) is 30.3 Å². The molecule has 2 aromatic carbocycles. The predicted octanol–water partition coefficient (Wildman–Crippen LogP) is 4.13. The average Bonchev–Trinajstić information content (AvgIpc) is 2.55. The fourth-order valence-electron chi connectivity index (χ4n) is 2.08. The zero-order valence-electron chi connectivity index (χ0n) is 14.5. The lowest BCUT2D eigenvalue weighted by atomic mass is 10.1. The van der Waals surface area contributed by atoms with E-state index >= 15 is 0 Å². The summed E-state index contributed by atoms with van der Waals surface area (Å²) < 4.78 is 0.943. The highest BCUT2D eigenvalue weighted by atomic mass is 79.9. The van der Waals surface area contributed by atoms with Gasteiger partial charge in [-0.25, -0.2) is 0 Å². The number of benzene rings is 2. The standard InChI is InChI=1S/C20H21BrN2O2/c1-20(2,3)23-19(25)17(13-14-9-11-16(21)12-10-14)22-18(24)15-7-5-4-6-8-15/h4-13H,1-3H3,(H,22,24)(H,23,25)/b17-13+. The summed E-state index contributed by atoms with van der Waals surface area (Å²) in [7, 11) is 0. The van der Waals surface area contributed by atoms with Crippen LogP contribution in [-0.4, -0.2) is 17.4 Å². The molecule has 2 aromatic rings. The molecule has 5 heteroatoms. The molecule has 0 saturated heterocycles. The molecule has 0 radical (unpaired) electrons. The Morgan fingerprint density at radius 2 is 1.56 bits per heavy atom. The lowest BCUT2D eigenvalue weighted by molar-refractivity contribution is -0.119. The highest BCUT2D eigenvalue weighted by molar-refractivity contribution is 9.10. The summed E-state index contributed by atoms with van der Waals surface area (Å²) in [4.78, 5) is 25.0. The minimum atomic E-state index is -0.409. The van der Waals surface area contributed by atoms with E-state index in [0.717, 1.165) is 10.0 Å². The van der Waals surface area contributed by atoms with E-state index in [-0.39, 0.29) is 17.5 Å². The Morgan fingerprint density at radius 3 is 2.12 bits per heavy atom. The third-order valence-corrected chi connectivity index (χ3v) is 3.73. The topological polar surface area (TPSA) is 58.2 Å². The molecule has 2 rings (SSSR count). The molecule has 0 aromatic heterocycles. The van der Waals surface area contributed by atoms with E-state index in [1.165, 1.54) is 0 Å². The van der Waals surface area contributed by atoms with E-state index in [1.807, 2.05) is 51.1 Å². The highest BCUT2D eigenvalue weighted by Gasteiger charge is 2.19. The number of nitrogens with one attached hydrogen (secondary N) is 2. The lowest BCUT2D eigenvalue weighted by Crippen LogP contribution is -2.44. The fourth-order valence-corrected chi connectivity index (χ4v) is 2.34. The molecule has 25 heavy (non-hydrogen) atoms. The van der Waals surface area contributed by atoms with Crippen LogP contribution in [0, 0.1) is 0 Å². The summed E-state index contributed by atoms with van der Waals surface area (Å²) in [6, 6.07) is 16.3. The first-order chi connectivity index (χ1) is 11.7. The van der Waals surface area contributed by atoms with Crippen LogP contribution >= 0.6 is 15.9 Å². The van der Waals surface area contributed by atoms with Crippen LogP contribution in [0.5, 0.6) is 0 Å². The molecule has 4 nitrogen and oxygen atoms in total. The molecule has 0 aliphatic carbocycles. The number of carbonyl (C=O) groups excluding carboxylic acids is 2. The van der Waals surface area contributed by atoms with Crippen LogP contribution in [-0.2, 0) is 4.79 Å². The van der Waals surface area contributed by atoms with Gasteiger partial charge in [-0.05, 0) is 56.7 Å². The van der Waals surface area contributed by atoms with Crippen LogP contribution in [0.15, 0.2) is 64.8 Å². The largest absolute Gasteiger partial charge is 0.346 e. The molecule has 0 aliphatic rings. The number of halogens is 1. The molecule has 0 unspecified atom stereocenters. The van der Waals surface area contributed by atoms with Crippen molar-refractivity contribution < 1.29 is 9.59 Å². The van der Waals surface area contributed by atoms with Gasteiger partial charge in [0.2, 0.25) is 0 Å². The Bertz CT molecular complexity index is 776. The Kier molecular flexibility index (Phi) is 6.15. The van der Waals surface area contributed by atoms with Crippen molar-refractivity contribution >= 4 is 33.8 Å². The molecule has 0 bridgehead atoms. The monoisotopic (exact) mass is 400 g/mol. The molecule has 2 N–H and O–H groups in total. The van der Waals surface area contributed by atoms with Gasteiger partial charge in [0, 0.05) is 15.6 Å². The SMILES string of the molecule is CC(C)(C)NC(=O)/C(=C\c1ccc(Br)cc1)NC(=O)c1ccccc1. The molecule has 0 aliphatic heterocycles. The number of carbonyl (C=O) groups is 2. The van der Waals surface area contributed by atoms with Gasteiger partial charge in [0.05, 0.1) is 0 Å². The molecule has 0 saturated carbocycles. The van der Waals surface area contributed by atoms with Gasteiger partial charge in [-0.15, -0.1) is 0 Å². The molecule has 2 amide bonds. The zero-order valence-corrected chi connectivity index (χ0v) is 16.1. The smallest absolute Gasteiger partial charge is 0.268 e. The molecule has 0 fully saturated rings. The highest BCUT2D eigenvalue weighted by Crippen LogP contribution is 2.14. The quantitative estimate of drug-likeness (QED) is 0.757. The first-order valence-corrected chi connectivity index (χ1v) is 8.70. The van der Waals surface area contributed by atoms with Crippen molar-refractivity contribution in [3.63, 3.8) is 0 Å². The van der Waals surface area contributed by atoms with E-state index in [2.05, 4.69) is 26.6 Å². The van der Waals surface area contributed by atoms with Crippen molar-refractivity contribution in [2.24, 2.45) is 0 Å². The van der Waals surface area contributed by atoms with Crippen LogP contribution in [0.3, 0.4) is 0 Å². The Hall–Kier alpha value is -2.40. The average molecular weight is 401 g/mol.